The molecule has 0 aliphatic carbocycles. The average molecular weight is 236 g/mol. The first-order valence-corrected chi connectivity index (χ1v) is 6.17. The maximum absolute atomic E-state index is 6.20. The minimum Gasteiger partial charge on any atom is -0.330 e. The molecule has 2 N–H and O–H groups in total. The molecule has 86 valence electrons. The van der Waals surface area contributed by atoms with Gasteiger partial charge in [-0.1, -0.05) is 0 Å². The van der Waals surface area contributed by atoms with Crippen LogP contribution in [0.4, 0.5) is 0 Å². The first-order valence-electron chi connectivity index (χ1n) is 5.29. The number of hydrogen-bond donors (Lipinski definition) is 1. The third kappa shape index (κ3) is 2.01. The number of thiazole rings is 1. The summed E-state index contributed by atoms with van der Waals surface area (Å²) in [6, 6.07) is 0.188. The Morgan fingerprint density at radius 2 is 2.19 bits per heavy atom. The zero-order chi connectivity index (χ0) is 11.7. The van der Waals surface area contributed by atoms with Crippen LogP contribution in [0, 0.1) is 6.92 Å². The maximum Gasteiger partial charge on any atom is 0.116 e. The van der Waals surface area contributed by atoms with E-state index in [-0.39, 0.29) is 6.04 Å². The van der Waals surface area contributed by atoms with Gasteiger partial charge in [-0.05, 0) is 20.8 Å². The van der Waals surface area contributed by atoms with Crippen molar-refractivity contribution in [3.05, 3.63) is 34.3 Å². The van der Waals surface area contributed by atoms with Crippen molar-refractivity contribution in [3.8, 4) is 0 Å². The predicted molar refractivity (Wildman–Crippen MR) is 65.5 cm³/mol. The highest BCUT2D eigenvalue weighted by molar-refractivity contribution is 7.09. The largest absolute Gasteiger partial charge is 0.330 e. The summed E-state index contributed by atoms with van der Waals surface area (Å²) in [6.07, 6.45) is 3.64. The molecule has 0 fully saturated rings. The number of nitrogens with two attached hydrogens (primary N) is 1. The first kappa shape index (κ1) is 11.3. The van der Waals surface area contributed by atoms with Gasteiger partial charge >= 0.3 is 0 Å². The van der Waals surface area contributed by atoms with Gasteiger partial charge in [-0.2, -0.15) is 0 Å². The van der Waals surface area contributed by atoms with Crippen molar-refractivity contribution in [1.82, 2.24) is 14.5 Å². The van der Waals surface area contributed by atoms with Crippen molar-refractivity contribution in [2.75, 3.05) is 0 Å². The van der Waals surface area contributed by atoms with E-state index in [1.807, 2.05) is 24.8 Å². The molecule has 2 heterocycles. The zero-order valence-corrected chi connectivity index (χ0v) is 10.5. The topological polar surface area (TPSA) is 56.7 Å². The van der Waals surface area contributed by atoms with E-state index in [9.17, 15) is 0 Å². The number of aryl methyl sites for hydroxylation is 1. The Hall–Kier alpha value is -1.20. The number of nitrogens with zero attached hydrogens (tertiary/aromatic N) is 3. The van der Waals surface area contributed by atoms with E-state index in [2.05, 4.69) is 28.4 Å². The van der Waals surface area contributed by atoms with Crippen molar-refractivity contribution in [1.29, 1.82) is 0 Å². The third-order valence-corrected chi connectivity index (χ3v) is 3.52. The third-order valence-electron chi connectivity index (χ3n) is 2.47. The lowest BCUT2D eigenvalue weighted by Gasteiger charge is -2.15. The van der Waals surface area contributed by atoms with Crippen LogP contribution in [-0.4, -0.2) is 14.5 Å². The average Bonchev–Trinajstić information content (AvgIpc) is 2.84. The van der Waals surface area contributed by atoms with E-state index < -0.39 is 0 Å². The molecule has 0 radical (unpaired) electrons. The smallest absolute Gasteiger partial charge is 0.116 e. The Balaban J connectivity index is 2.33. The SMILES string of the molecule is Cc1csc(C(N)c2cncn2C(C)C)n1. The van der Waals surface area contributed by atoms with Crippen molar-refractivity contribution in [2.45, 2.75) is 32.9 Å². The molecule has 5 heteroatoms. The molecule has 0 bridgehead atoms. The second-order valence-electron chi connectivity index (χ2n) is 4.12. The molecule has 0 aliphatic rings. The fourth-order valence-corrected chi connectivity index (χ4v) is 2.44. The van der Waals surface area contributed by atoms with Crippen LogP contribution >= 0.6 is 11.3 Å². The lowest BCUT2D eigenvalue weighted by atomic mass is 10.2. The summed E-state index contributed by atoms with van der Waals surface area (Å²) in [7, 11) is 0. The Morgan fingerprint density at radius 1 is 1.44 bits per heavy atom. The second kappa shape index (κ2) is 4.35. The first-order chi connectivity index (χ1) is 7.59. The molecule has 2 rings (SSSR count). The second-order valence-corrected chi connectivity index (χ2v) is 5.01. The predicted octanol–water partition coefficient (Wildman–Crippen LogP) is 2.28. The van der Waals surface area contributed by atoms with Crippen molar-refractivity contribution >= 4 is 11.3 Å². The Kier molecular flexibility index (Phi) is 3.07. The molecular formula is C11H16N4S. The highest BCUT2D eigenvalue weighted by atomic mass is 32.1. The molecule has 2 aromatic heterocycles. The number of hydrogen-bond acceptors (Lipinski definition) is 4. The summed E-state index contributed by atoms with van der Waals surface area (Å²) in [4.78, 5) is 8.58. The van der Waals surface area contributed by atoms with Crippen LogP contribution in [0.5, 0.6) is 0 Å². The van der Waals surface area contributed by atoms with E-state index in [1.54, 1.807) is 11.3 Å². The highest BCUT2D eigenvalue weighted by Gasteiger charge is 2.17. The molecule has 0 saturated carbocycles. The zero-order valence-electron chi connectivity index (χ0n) is 9.71. The van der Waals surface area contributed by atoms with Gasteiger partial charge < -0.3 is 10.3 Å². The molecule has 1 atom stereocenters. The van der Waals surface area contributed by atoms with E-state index >= 15 is 0 Å². The normalized spacial score (nSPS) is 13.3. The molecule has 0 saturated heterocycles. The summed E-state index contributed by atoms with van der Waals surface area (Å²) in [5.41, 5.74) is 8.24. The summed E-state index contributed by atoms with van der Waals surface area (Å²) in [5.74, 6) is 0. The van der Waals surface area contributed by atoms with Crippen LogP contribution in [0.2, 0.25) is 0 Å². The lowest BCUT2D eigenvalue weighted by molar-refractivity contribution is 0.559. The summed E-state index contributed by atoms with van der Waals surface area (Å²) in [6.45, 7) is 6.21. The van der Waals surface area contributed by atoms with Crippen molar-refractivity contribution in [3.63, 3.8) is 0 Å². The number of aromatic nitrogens is 3. The summed E-state index contributed by atoms with van der Waals surface area (Å²) in [5, 5.41) is 2.96. The van der Waals surface area contributed by atoms with Crippen molar-refractivity contribution in [2.24, 2.45) is 5.73 Å². The molecule has 16 heavy (non-hydrogen) atoms. The van der Waals surface area contributed by atoms with Gasteiger partial charge in [-0.15, -0.1) is 11.3 Å². The van der Waals surface area contributed by atoms with Crippen LogP contribution in [-0.2, 0) is 0 Å². The Labute approximate surface area is 99.2 Å². The van der Waals surface area contributed by atoms with E-state index in [0.717, 1.165) is 16.4 Å². The van der Waals surface area contributed by atoms with Crippen LogP contribution in [0.1, 0.15) is 42.3 Å². The van der Waals surface area contributed by atoms with Crippen LogP contribution in [0.3, 0.4) is 0 Å². The molecule has 1 unspecified atom stereocenters. The maximum atomic E-state index is 6.20. The summed E-state index contributed by atoms with van der Waals surface area (Å²) >= 11 is 1.60. The van der Waals surface area contributed by atoms with E-state index in [0.29, 0.717) is 6.04 Å². The van der Waals surface area contributed by atoms with Gasteiger partial charge in [0.15, 0.2) is 0 Å². The molecule has 0 spiro atoms. The fourth-order valence-electron chi connectivity index (χ4n) is 1.63. The van der Waals surface area contributed by atoms with Crippen LogP contribution in [0.15, 0.2) is 17.9 Å². The lowest BCUT2D eigenvalue weighted by Crippen LogP contribution is -2.17. The van der Waals surface area contributed by atoms with Gasteiger partial charge in [0.25, 0.3) is 0 Å². The molecule has 0 aromatic carbocycles. The summed E-state index contributed by atoms with van der Waals surface area (Å²) < 4.78 is 2.08. The monoisotopic (exact) mass is 236 g/mol. The Morgan fingerprint density at radius 3 is 2.75 bits per heavy atom. The quantitative estimate of drug-likeness (QED) is 0.889. The van der Waals surface area contributed by atoms with Gasteiger partial charge in [0.2, 0.25) is 0 Å². The molecule has 0 aliphatic heterocycles. The minimum atomic E-state index is -0.177. The van der Waals surface area contributed by atoms with Gasteiger partial charge in [-0.25, -0.2) is 9.97 Å². The fraction of sp³-hybridized carbons (Fsp3) is 0.455. The van der Waals surface area contributed by atoms with Crippen molar-refractivity contribution < 1.29 is 0 Å². The van der Waals surface area contributed by atoms with Gasteiger partial charge in [0.1, 0.15) is 5.01 Å². The number of imidazole rings is 1. The van der Waals surface area contributed by atoms with Gasteiger partial charge in [-0.3, -0.25) is 0 Å². The standard InChI is InChI=1S/C11H16N4S/c1-7(2)15-6-13-4-9(15)10(12)11-14-8(3)5-16-11/h4-7,10H,12H2,1-3H3. The highest BCUT2D eigenvalue weighted by Crippen LogP contribution is 2.24. The van der Waals surface area contributed by atoms with Gasteiger partial charge in [0, 0.05) is 17.1 Å². The van der Waals surface area contributed by atoms with E-state index in [4.69, 9.17) is 5.73 Å². The number of rotatable bonds is 3. The molecule has 4 nitrogen and oxygen atoms in total. The van der Waals surface area contributed by atoms with E-state index in [1.165, 1.54) is 0 Å². The molecule has 2 aromatic rings. The minimum absolute atomic E-state index is 0.177. The molecular weight excluding hydrogens is 220 g/mol. The Bertz CT molecular complexity index is 472. The van der Waals surface area contributed by atoms with Crippen LogP contribution < -0.4 is 5.73 Å². The van der Waals surface area contributed by atoms with Gasteiger partial charge in [0.05, 0.1) is 24.3 Å². The van der Waals surface area contributed by atoms with Crippen LogP contribution in [0.25, 0.3) is 0 Å². The molecule has 0 amide bonds.